The lowest BCUT2D eigenvalue weighted by Crippen LogP contribution is -2.51. The number of nitrogens with one attached hydrogen (secondary N) is 1. The van der Waals surface area contributed by atoms with E-state index >= 15 is 0 Å². The average Bonchev–Trinajstić information content (AvgIpc) is 3.32. The summed E-state index contributed by atoms with van der Waals surface area (Å²) in [6, 6.07) is 20.6. The maximum absolute atomic E-state index is 14.2. The van der Waals surface area contributed by atoms with Crippen molar-refractivity contribution in [2.45, 2.75) is 24.4 Å². The summed E-state index contributed by atoms with van der Waals surface area (Å²) >= 11 is 6.07. The third-order valence-electron chi connectivity index (χ3n) is 7.37. The van der Waals surface area contributed by atoms with Crippen molar-refractivity contribution in [1.29, 1.82) is 0 Å². The van der Waals surface area contributed by atoms with Crippen molar-refractivity contribution in [2.24, 2.45) is 5.92 Å². The number of hydrogen-bond acceptors (Lipinski definition) is 4. The van der Waals surface area contributed by atoms with Gasteiger partial charge in [0.2, 0.25) is 5.91 Å². The molecule has 34 heavy (non-hydrogen) atoms. The van der Waals surface area contributed by atoms with E-state index in [9.17, 15) is 14.4 Å². The third kappa shape index (κ3) is 2.64. The molecular weight excluding hydrogens is 448 g/mol. The second kappa shape index (κ2) is 7.40. The Kier molecular flexibility index (Phi) is 4.55. The molecule has 0 aliphatic carbocycles. The first-order chi connectivity index (χ1) is 16.4. The summed E-state index contributed by atoms with van der Waals surface area (Å²) < 4.78 is 0. The predicted molar refractivity (Wildman–Crippen MR) is 132 cm³/mol. The highest BCUT2D eigenvalue weighted by molar-refractivity contribution is 6.30. The minimum Gasteiger partial charge on any atom is -0.352 e. The van der Waals surface area contributed by atoms with Gasteiger partial charge < -0.3 is 10.2 Å². The molecule has 4 atom stereocenters. The largest absolute Gasteiger partial charge is 0.352 e. The number of carbonyl (C=O) groups is 3. The fourth-order valence-electron chi connectivity index (χ4n) is 6.07. The van der Waals surface area contributed by atoms with E-state index in [4.69, 9.17) is 11.6 Å². The van der Waals surface area contributed by atoms with E-state index in [0.717, 1.165) is 16.8 Å². The van der Waals surface area contributed by atoms with Gasteiger partial charge in [0.1, 0.15) is 5.41 Å². The molecule has 6 heteroatoms. The van der Waals surface area contributed by atoms with Gasteiger partial charge in [0.25, 0.3) is 0 Å². The van der Waals surface area contributed by atoms with E-state index in [-0.39, 0.29) is 17.5 Å². The lowest BCUT2D eigenvalue weighted by Gasteiger charge is -2.37. The van der Waals surface area contributed by atoms with Crippen molar-refractivity contribution < 1.29 is 14.4 Å². The maximum Gasteiger partial charge on any atom is 0.238 e. The van der Waals surface area contributed by atoms with E-state index in [0.29, 0.717) is 16.3 Å². The van der Waals surface area contributed by atoms with Gasteiger partial charge in [-0.05, 0) is 54.4 Å². The quantitative estimate of drug-likeness (QED) is 0.555. The molecule has 0 aromatic heterocycles. The SMILES string of the molecule is CC(=O)C1C(C(=O)c2ccc(Cl)cc2)C2(C(=O)Nc3ccccc32)C2C=Cc3ccccc3N12. The van der Waals surface area contributed by atoms with Gasteiger partial charge in [-0.1, -0.05) is 60.2 Å². The number of nitrogens with zero attached hydrogens (tertiary/aromatic N) is 1. The lowest BCUT2D eigenvalue weighted by molar-refractivity contribution is -0.122. The number of ketones is 2. The van der Waals surface area contributed by atoms with Gasteiger partial charge in [0.05, 0.1) is 18.0 Å². The normalized spacial score (nSPS) is 26.1. The highest BCUT2D eigenvalue weighted by atomic mass is 35.5. The molecule has 3 aliphatic rings. The first kappa shape index (κ1) is 20.9. The number of carbonyl (C=O) groups excluding carboxylic acids is 3. The van der Waals surface area contributed by atoms with Crippen LogP contribution in [0.4, 0.5) is 11.4 Å². The molecule has 6 rings (SSSR count). The van der Waals surface area contributed by atoms with Crippen molar-refractivity contribution in [2.75, 3.05) is 10.2 Å². The lowest BCUT2D eigenvalue weighted by atomic mass is 9.64. The number of Topliss-reactive ketones (excluding diaryl/α,β-unsaturated/α-hetero) is 2. The number of rotatable bonds is 3. The molecule has 0 radical (unpaired) electrons. The number of benzene rings is 3. The fraction of sp³-hybridized carbons (Fsp3) is 0.179. The summed E-state index contributed by atoms with van der Waals surface area (Å²) in [6.45, 7) is 1.50. The molecule has 5 nitrogen and oxygen atoms in total. The molecule has 3 heterocycles. The molecule has 1 amide bonds. The van der Waals surface area contributed by atoms with Crippen molar-refractivity contribution in [3.8, 4) is 0 Å². The molecule has 1 spiro atoms. The molecule has 1 saturated heterocycles. The molecule has 4 unspecified atom stereocenters. The Hall–Kier alpha value is -3.70. The number of anilines is 2. The van der Waals surface area contributed by atoms with Crippen LogP contribution in [0, 0.1) is 5.92 Å². The Balaban J connectivity index is 1.66. The smallest absolute Gasteiger partial charge is 0.238 e. The summed E-state index contributed by atoms with van der Waals surface area (Å²) in [5, 5.41) is 3.52. The van der Waals surface area contributed by atoms with Crippen LogP contribution in [0.1, 0.15) is 28.4 Å². The number of halogens is 1. The molecule has 0 saturated carbocycles. The molecule has 1 N–H and O–H groups in total. The number of hydrogen-bond donors (Lipinski definition) is 1. The Morgan fingerprint density at radius 2 is 1.68 bits per heavy atom. The van der Waals surface area contributed by atoms with Gasteiger partial charge in [0.15, 0.2) is 11.6 Å². The van der Waals surface area contributed by atoms with Gasteiger partial charge >= 0.3 is 0 Å². The van der Waals surface area contributed by atoms with Crippen LogP contribution in [0.3, 0.4) is 0 Å². The van der Waals surface area contributed by atoms with Crippen LogP contribution < -0.4 is 10.2 Å². The first-order valence-electron chi connectivity index (χ1n) is 11.2. The molecule has 0 bridgehead atoms. The van der Waals surface area contributed by atoms with Crippen molar-refractivity contribution in [3.63, 3.8) is 0 Å². The number of fused-ring (bicyclic) bond motifs is 6. The van der Waals surface area contributed by atoms with Crippen molar-refractivity contribution in [3.05, 3.63) is 101 Å². The van der Waals surface area contributed by atoms with E-state index in [2.05, 4.69) is 5.32 Å². The van der Waals surface area contributed by atoms with Gasteiger partial charge in [-0.15, -0.1) is 0 Å². The van der Waals surface area contributed by atoms with Crippen LogP contribution in [-0.4, -0.2) is 29.6 Å². The van der Waals surface area contributed by atoms with Crippen LogP contribution in [0.25, 0.3) is 6.08 Å². The molecule has 1 fully saturated rings. The van der Waals surface area contributed by atoms with Crippen LogP contribution in [0.15, 0.2) is 78.9 Å². The minimum absolute atomic E-state index is 0.156. The second-order valence-electron chi connectivity index (χ2n) is 9.04. The zero-order valence-corrected chi connectivity index (χ0v) is 19.1. The minimum atomic E-state index is -1.26. The zero-order valence-electron chi connectivity index (χ0n) is 18.4. The molecule has 3 aromatic rings. The van der Waals surface area contributed by atoms with Gasteiger partial charge in [-0.3, -0.25) is 14.4 Å². The Morgan fingerprint density at radius 3 is 2.44 bits per heavy atom. The maximum atomic E-state index is 14.2. The van der Waals surface area contributed by atoms with Crippen LogP contribution in [0.5, 0.6) is 0 Å². The van der Waals surface area contributed by atoms with Crippen LogP contribution in [0.2, 0.25) is 5.02 Å². The van der Waals surface area contributed by atoms with E-state index in [1.807, 2.05) is 65.6 Å². The summed E-state index contributed by atoms with van der Waals surface area (Å²) in [6.07, 6.45) is 3.95. The molecule has 3 aliphatic heterocycles. The second-order valence-corrected chi connectivity index (χ2v) is 9.48. The number of amides is 1. The Labute approximate surface area is 202 Å². The van der Waals surface area contributed by atoms with E-state index in [1.165, 1.54) is 6.92 Å². The number of para-hydroxylation sites is 2. The van der Waals surface area contributed by atoms with E-state index < -0.39 is 23.4 Å². The summed E-state index contributed by atoms with van der Waals surface area (Å²) in [4.78, 5) is 43.4. The Bertz CT molecular complexity index is 1400. The highest BCUT2D eigenvalue weighted by Crippen LogP contribution is 2.57. The average molecular weight is 469 g/mol. The summed E-state index contributed by atoms with van der Waals surface area (Å²) in [5.41, 5.74) is 2.39. The summed E-state index contributed by atoms with van der Waals surface area (Å²) in [5.74, 6) is -1.58. The highest BCUT2D eigenvalue weighted by Gasteiger charge is 2.69. The third-order valence-corrected chi connectivity index (χ3v) is 7.62. The summed E-state index contributed by atoms with van der Waals surface area (Å²) in [7, 11) is 0. The standard InChI is InChI=1S/C28H21ClN2O3/c1-16(32)25-24(26(33)18-10-13-19(29)14-11-18)28(20-7-3-4-8-21(20)30-27(28)34)23-15-12-17-6-2-5-9-22(17)31(23)25/h2-15,23-25H,1H3,(H,30,34). The van der Waals surface area contributed by atoms with Gasteiger partial charge in [-0.2, -0.15) is 0 Å². The topological polar surface area (TPSA) is 66.5 Å². The van der Waals surface area contributed by atoms with Crippen molar-refractivity contribution >= 4 is 46.5 Å². The zero-order chi connectivity index (χ0) is 23.6. The molecular formula is C28H21ClN2O3. The molecule has 168 valence electrons. The van der Waals surface area contributed by atoms with Crippen LogP contribution in [-0.2, 0) is 15.0 Å². The van der Waals surface area contributed by atoms with Gasteiger partial charge in [0, 0.05) is 22.0 Å². The van der Waals surface area contributed by atoms with Gasteiger partial charge in [-0.25, -0.2) is 0 Å². The van der Waals surface area contributed by atoms with E-state index in [1.54, 1.807) is 24.3 Å². The predicted octanol–water partition coefficient (Wildman–Crippen LogP) is 4.90. The molecule has 3 aromatic carbocycles. The Morgan fingerprint density at radius 1 is 0.971 bits per heavy atom. The monoisotopic (exact) mass is 468 g/mol. The van der Waals surface area contributed by atoms with Crippen molar-refractivity contribution in [1.82, 2.24) is 0 Å². The fourth-order valence-corrected chi connectivity index (χ4v) is 6.19. The first-order valence-corrected chi connectivity index (χ1v) is 11.6. The van der Waals surface area contributed by atoms with Crippen LogP contribution >= 0.6 is 11.6 Å².